The molecular weight excluding hydrogens is 459 g/mol. The van der Waals surface area contributed by atoms with Gasteiger partial charge in [0.05, 0.1) is 11.7 Å². The van der Waals surface area contributed by atoms with Crippen LogP contribution in [0.2, 0.25) is 0 Å². The largest absolute Gasteiger partial charge is 0.364 e. The second-order valence-electron chi connectivity index (χ2n) is 8.35. The molecule has 2 aliphatic rings. The van der Waals surface area contributed by atoms with E-state index in [2.05, 4.69) is 31.8 Å². The van der Waals surface area contributed by atoms with E-state index < -0.39 is 17.0 Å². The molecular formula is C22H25FN8O2S. The second-order valence-corrected chi connectivity index (χ2v) is 9.25. The third-order valence-corrected chi connectivity index (χ3v) is 6.85. The smallest absolute Gasteiger partial charge is 0.216 e. The monoisotopic (exact) mass is 484 g/mol. The van der Waals surface area contributed by atoms with Crippen LogP contribution in [0.4, 0.5) is 15.9 Å². The van der Waals surface area contributed by atoms with Crippen LogP contribution in [-0.4, -0.2) is 77.2 Å². The predicted molar refractivity (Wildman–Crippen MR) is 126 cm³/mol. The lowest BCUT2D eigenvalue weighted by Gasteiger charge is -2.38. The van der Waals surface area contributed by atoms with Crippen LogP contribution in [-0.2, 0) is 17.5 Å². The Morgan fingerprint density at radius 1 is 1.06 bits per heavy atom. The second kappa shape index (κ2) is 9.65. The fourth-order valence-corrected chi connectivity index (χ4v) is 5.07. The van der Waals surface area contributed by atoms with E-state index in [1.54, 1.807) is 18.5 Å². The van der Waals surface area contributed by atoms with E-state index in [0.29, 0.717) is 56.6 Å². The summed E-state index contributed by atoms with van der Waals surface area (Å²) in [6, 6.07) is 5.09. The summed E-state index contributed by atoms with van der Waals surface area (Å²) in [6.07, 6.45) is 5.84. The average molecular weight is 485 g/mol. The van der Waals surface area contributed by atoms with Crippen molar-refractivity contribution >= 4 is 22.6 Å². The molecule has 2 unspecified atom stereocenters. The van der Waals surface area contributed by atoms with Crippen LogP contribution in [0, 0.1) is 5.95 Å². The number of nitrogens with zero attached hydrogens (tertiary/aromatic N) is 8. The first-order valence-corrected chi connectivity index (χ1v) is 12.4. The van der Waals surface area contributed by atoms with E-state index in [4.69, 9.17) is 9.54 Å². The van der Waals surface area contributed by atoms with Crippen molar-refractivity contribution in [3.8, 4) is 11.6 Å². The molecule has 5 heterocycles. The van der Waals surface area contributed by atoms with Crippen LogP contribution in [0.3, 0.4) is 0 Å². The molecule has 0 amide bonds. The summed E-state index contributed by atoms with van der Waals surface area (Å²) < 4.78 is 34.7. The molecule has 5 rings (SSSR count). The Hall–Kier alpha value is -3.09. The summed E-state index contributed by atoms with van der Waals surface area (Å²) in [4.78, 5) is 27.8. The minimum absolute atomic E-state index is 0.0412. The summed E-state index contributed by atoms with van der Waals surface area (Å²) in [5.41, 5.74) is 2.71. The van der Waals surface area contributed by atoms with Crippen molar-refractivity contribution in [3.63, 3.8) is 0 Å². The van der Waals surface area contributed by atoms with Gasteiger partial charge >= 0.3 is 0 Å². The van der Waals surface area contributed by atoms with Crippen LogP contribution in [0.15, 0.2) is 36.8 Å². The molecule has 12 heteroatoms. The predicted octanol–water partition coefficient (Wildman–Crippen LogP) is 1.89. The van der Waals surface area contributed by atoms with Gasteiger partial charge < -0.3 is 14.4 Å². The van der Waals surface area contributed by atoms with Gasteiger partial charge in [-0.15, -0.1) is 0 Å². The van der Waals surface area contributed by atoms with Crippen LogP contribution in [0.25, 0.3) is 11.6 Å². The molecule has 0 bridgehead atoms. The first-order chi connectivity index (χ1) is 16.5. The maximum Gasteiger partial charge on any atom is 0.216 e. The molecule has 0 saturated carbocycles. The highest BCUT2D eigenvalue weighted by atomic mass is 32.2. The minimum Gasteiger partial charge on any atom is -0.364 e. The van der Waals surface area contributed by atoms with Crippen LogP contribution >= 0.6 is 0 Å². The number of piperazine rings is 1. The highest BCUT2D eigenvalue weighted by Gasteiger charge is 2.28. The number of aromatic nitrogens is 5. The topological polar surface area (TPSA) is 111 Å². The van der Waals surface area contributed by atoms with Gasteiger partial charge in [-0.05, 0) is 13.0 Å². The van der Waals surface area contributed by atoms with Crippen molar-refractivity contribution in [2.24, 2.45) is 0 Å². The number of pyridine rings is 1. The Labute approximate surface area is 199 Å². The summed E-state index contributed by atoms with van der Waals surface area (Å²) in [7, 11) is 0. The Morgan fingerprint density at radius 3 is 2.56 bits per heavy atom. The van der Waals surface area contributed by atoms with E-state index in [1.807, 2.05) is 22.1 Å². The van der Waals surface area contributed by atoms with Crippen molar-refractivity contribution < 1.29 is 13.2 Å². The van der Waals surface area contributed by atoms with E-state index in [-0.39, 0.29) is 11.9 Å². The van der Waals surface area contributed by atoms with E-state index in [9.17, 15) is 8.60 Å². The van der Waals surface area contributed by atoms with Gasteiger partial charge in [-0.25, -0.2) is 29.1 Å². The molecule has 3 aromatic heterocycles. The van der Waals surface area contributed by atoms with Crippen molar-refractivity contribution in [2.45, 2.75) is 19.4 Å². The van der Waals surface area contributed by atoms with E-state index >= 15 is 0 Å². The van der Waals surface area contributed by atoms with Gasteiger partial charge in [0.2, 0.25) is 5.95 Å². The Bertz CT molecular complexity index is 1190. The van der Waals surface area contributed by atoms with E-state index in [0.717, 1.165) is 16.9 Å². The maximum atomic E-state index is 14.6. The molecule has 3 aromatic rings. The number of fused-ring (bicyclic) bond motifs is 1. The number of anilines is 2. The average Bonchev–Trinajstić information content (AvgIpc) is 2.84. The lowest BCUT2D eigenvalue weighted by molar-refractivity contribution is 0.291. The van der Waals surface area contributed by atoms with Crippen LogP contribution < -0.4 is 9.80 Å². The summed E-state index contributed by atoms with van der Waals surface area (Å²) in [6.45, 7) is 5.22. The molecule has 1 fully saturated rings. The lowest BCUT2D eigenvalue weighted by Crippen LogP contribution is -2.47. The zero-order valence-electron chi connectivity index (χ0n) is 18.7. The summed E-state index contributed by atoms with van der Waals surface area (Å²) in [5.74, 6) is 1.16. The third kappa shape index (κ3) is 4.74. The van der Waals surface area contributed by atoms with Gasteiger partial charge in [-0.1, -0.05) is 0 Å². The molecule has 0 radical (unpaired) electrons. The molecule has 10 nitrogen and oxygen atoms in total. The van der Waals surface area contributed by atoms with Gasteiger partial charge in [0.15, 0.2) is 22.7 Å². The quantitative estimate of drug-likeness (QED) is 0.426. The standard InChI is InChI=1S/C22H25FN8O2S/c1-15-17-13-26-22(21-24-4-2-5-25-21)27-18(17)3-6-31(15)16-11-19(23)28-20(12-16)30-9-7-29(8-10-30)14-34(32)33/h2,4-5,11-13,15H,3,6-10,14H2,1H3,(H,32,33). The highest BCUT2D eigenvalue weighted by Crippen LogP contribution is 2.34. The maximum absolute atomic E-state index is 14.6. The third-order valence-electron chi connectivity index (χ3n) is 6.26. The fourth-order valence-electron chi connectivity index (χ4n) is 4.50. The lowest BCUT2D eigenvalue weighted by atomic mass is 9.99. The van der Waals surface area contributed by atoms with Crippen LogP contribution in [0.5, 0.6) is 0 Å². The molecule has 178 valence electrons. The summed E-state index contributed by atoms with van der Waals surface area (Å²) >= 11 is -1.86. The van der Waals surface area contributed by atoms with Crippen molar-refractivity contribution in [2.75, 3.05) is 48.4 Å². The van der Waals surface area contributed by atoms with Crippen molar-refractivity contribution in [1.82, 2.24) is 29.8 Å². The van der Waals surface area contributed by atoms with Crippen molar-refractivity contribution in [3.05, 3.63) is 54.0 Å². The minimum atomic E-state index is -1.86. The zero-order chi connectivity index (χ0) is 23.7. The van der Waals surface area contributed by atoms with Gasteiger partial charge in [0.1, 0.15) is 11.7 Å². The SMILES string of the molecule is CC1c2cnc(-c3ncccn3)nc2CCN1c1cc(F)nc(N2CCN(CS(=O)O)CC2)c1. The number of halogens is 1. The number of hydrogen-bond acceptors (Lipinski definition) is 9. The molecule has 0 aromatic carbocycles. The fraction of sp³-hybridized carbons (Fsp3) is 0.409. The molecule has 2 atom stereocenters. The Balaban J connectivity index is 1.35. The van der Waals surface area contributed by atoms with Gasteiger partial charge in [-0.2, -0.15) is 4.39 Å². The Kier molecular flexibility index (Phi) is 6.44. The molecule has 0 aliphatic carbocycles. The summed E-state index contributed by atoms with van der Waals surface area (Å²) in [5, 5.41) is 0. The first kappa shape index (κ1) is 22.7. The van der Waals surface area contributed by atoms with Gasteiger partial charge in [0, 0.05) is 81.1 Å². The number of hydrogen-bond donors (Lipinski definition) is 1. The van der Waals surface area contributed by atoms with Gasteiger partial charge in [-0.3, -0.25) is 4.90 Å². The normalized spacial score (nSPS) is 19.7. The Morgan fingerprint density at radius 2 is 1.82 bits per heavy atom. The molecule has 2 aliphatic heterocycles. The molecule has 1 saturated heterocycles. The zero-order valence-corrected chi connectivity index (χ0v) is 19.5. The van der Waals surface area contributed by atoms with Crippen LogP contribution in [0.1, 0.15) is 24.2 Å². The van der Waals surface area contributed by atoms with Crippen molar-refractivity contribution in [1.29, 1.82) is 0 Å². The molecule has 0 spiro atoms. The highest BCUT2D eigenvalue weighted by molar-refractivity contribution is 7.79. The molecule has 1 N–H and O–H groups in total. The number of rotatable bonds is 5. The van der Waals surface area contributed by atoms with Gasteiger partial charge in [0.25, 0.3) is 0 Å². The first-order valence-electron chi connectivity index (χ1n) is 11.1. The van der Waals surface area contributed by atoms with E-state index in [1.165, 1.54) is 6.07 Å². The molecule has 34 heavy (non-hydrogen) atoms.